The maximum Gasteiger partial charge on any atom is 0.297 e. The molecule has 1 aromatic heterocycles. The zero-order valence-electron chi connectivity index (χ0n) is 13.2. The Morgan fingerprint density at radius 3 is 2.80 bits per heavy atom. The first-order valence-electron chi connectivity index (χ1n) is 7.62. The summed E-state index contributed by atoms with van der Waals surface area (Å²) in [5, 5.41) is 3.35. The fourth-order valence-corrected chi connectivity index (χ4v) is 2.57. The smallest absolute Gasteiger partial charge is 0.297 e. The van der Waals surface area contributed by atoms with E-state index >= 15 is 0 Å². The second kappa shape index (κ2) is 7.09. The molecule has 1 N–H and O–H groups in total. The van der Waals surface area contributed by atoms with E-state index in [1.54, 1.807) is 6.26 Å². The Balaban J connectivity index is 1.81. The molecule has 0 bridgehead atoms. The van der Waals surface area contributed by atoms with Crippen molar-refractivity contribution >= 4 is 6.01 Å². The van der Waals surface area contributed by atoms with Gasteiger partial charge in [-0.05, 0) is 38.9 Å². The van der Waals surface area contributed by atoms with E-state index in [1.807, 2.05) is 0 Å². The number of likely N-dealkylation sites (tertiary alicyclic amines) is 1. The van der Waals surface area contributed by atoms with E-state index < -0.39 is 0 Å². The molecular weight excluding hydrogens is 252 g/mol. The summed E-state index contributed by atoms with van der Waals surface area (Å²) in [5.41, 5.74) is 0.976. The highest BCUT2D eigenvalue weighted by Crippen LogP contribution is 2.20. The van der Waals surface area contributed by atoms with Crippen LogP contribution in [0.2, 0.25) is 0 Å². The van der Waals surface area contributed by atoms with E-state index in [-0.39, 0.29) is 0 Å². The number of nitrogens with one attached hydrogen (secondary N) is 1. The first-order chi connectivity index (χ1) is 9.54. The first kappa shape index (κ1) is 15.3. The molecule has 1 fully saturated rings. The van der Waals surface area contributed by atoms with Crippen LogP contribution in [0.25, 0.3) is 0 Å². The highest BCUT2D eigenvalue weighted by atomic mass is 16.4. The lowest BCUT2D eigenvalue weighted by atomic mass is 9.97. The van der Waals surface area contributed by atoms with Crippen LogP contribution in [0.1, 0.15) is 32.4 Å². The van der Waals surface area contributed by atoms with E-state index in [1.165, 1.54) is 25.9 Å². The normalized spacial score (nSPS) is 17.9. The van der Waals surface area contributed by atoms with E-state index in [9.17, 15) is 0 Å². The second-order valence-electron chi connectivity index (χ2n) is 6.28. The number of hydrogen-bond donors (Lipinski definition) is 1. The van der Waals surface area contributed by atoms with Crippen LogP contribution in [0.4, 0.5) is 6.01 Å². The van der Waals surface area contributed by atoms with Crippen LogP contribution in [0.5, 0.6) is 0 Å². The van der Waals surface area contributed by atoms with Crippen LogP contribution < -0.4 is 10.2 Å². The summed E-state index contributed by atoms with van der Waals surface area (Å²) in [6.45, 7) is 8.47. The lowest BCUT2D eigenvalue weighted by Gasteiger charge is -2.31. The average Bonchev–Trinajstić information content (AvgIpc) is 2.88. The Kier molecular flexibility index (Phi) is 5.43. The molecule has 1 aromatic rings. The summed E-state index contributed by atoms with van der Waals surface area (Å²) in [6.07, 6.45) is 4.29. The van der Waals surface area contributed by atoms with E-state index in [0.717, 1.165) is 30.7 Å². The van der Waals surface area contributed by atoms with Gasteiger partial charge in [-0.3, -0.25) is 0 Å². The maximum absolute atomic E-state index is 5.59. The fourth-order valence-electron chi connectivity index (χ4n) is 2.57. The third kappa shape index (κ3) is 4.49. The molecule has 2 heterocycles. The van der Waals surface area contributed by atoms with Crippen molar-refractivity contribution in [2.75, 3.05) is 38.6 Å². The number of rotatable bonds is 6. The van der Waals surface area contributed by atoms with Gasteiger partial charge in [0.15, 0.2) is 0 Å². The van der Waals surface area contributed by atoms with Gasteiger partial charge < -0.3 is 19.5 Å². The fraction of sp³-hybridized carbons (Fsp3) is 0.800. The first-order valence-corrected chi connectivity index (χ1v) is 7.62. The molecule has 20 heavy (non-hydrogen) atoms. The molecule has 0 atom stereocenters. The van der Waals surface area contributed by atoms with Crippen molar-refractivity contribution in [2.24, 2.45) is 5.92 Å². The third-order valence-corrected chi connectivity index (χ3v) is 3.93. The van der Waals surface area contributed by atoms with Gasteiger partial charge in [-0.2, -0.15) is 4.98 Å². The number of aromatic nitrogens is 1. The number of piperidine rings is 1. The van der Waals surface area contributed by atoms with Crippen molar-refractivity contribution in [3.05, 3.63) is 12.0 Å². The summed E-state index contributed by atoms with van der Waals surface area (Å²) in [6, 6.07) is 1.21. The van der Waals surface area contributed by atoms with Crippen molar-refractivity contribution in [1.29, 1.82) is 0 Å². The highest BCUT2D eigenvalue weighted by molar-refractivity contribution is 5.25. The monoisotopic (exact) mass is 280 g/mol. The quantitative estimate of drug-likeness (QED) is 0.863. The van der Waals surface area contributed by atoms with E-state index in [4.69, 9.17) is 4.42 Å². The van der Waals surface area contributed by atoms with Gasteiger partial charge in [0.05, 0.1) is 5.69 Å². The standard InChI is InChI=1S/C15H28N4O/c1-12(2)16-9-14-11-20-15(17-14)19(4)10-13-5-7-18(3)8-6-13/h11-13,16H,5-10H2,1-4H3. The number of anilines is 1. The van der Waals surface area contributed by atoms with Crippen LogP contribution in [0, 0.1) is 5.92 Å². The third-order valence-electron chi connectivity index (χ3n) is 3.93. The number of hydrogen-bond acceptors (Lipinski definition) is 5. The zero-order chi connectivity index (χ0) is 14.5. The van der Waals surface area contributed by atoms with Crippen LogP contribution in [-0.4, -0.2) is 49.7 Å². The van der Waals surface area contributed by atoms with Crippen LogP contribution in [0.15, 0.2) is 10.7 Å². The molecule has 5 nitrogen and oxygen atoms in total. The van der Waals surface area contributed by atoms with Crippen molar-refractivity contribution in [3.63, 3.8) is 0 Å². The summed E-state index contributed by atoms with van der Waals surface area (Å²) in [7, 11) is 4.27. The predicted octanol–water partition coefficient (Wildman–Crippen LogP) is 1.95. The van der Waals surface area contributed by atoms with Gasteiger partial charge in [0.1, 0.15) is 6.26 Å². The molecule has 5 heteroatoms. The highest BCUT2D eigenvalue weighted by Gasteiger charge is 2.20. The largest absolute Gasteiger partial charge is 0.432 e. The minimum atomic E-state index is 0.465. The number of oxazole rings is 1. The van der Waals surface area contributed by atoms with Crippen molar-refractivity contribution in [2.45, 2.75) is 39.3 Å². The van der Waals surface area contributed by atoms with Crippen molar-refractivity contribution in [1.82, 2.24) is 15.2 Å². The van der Waals surface area contributed by atoms with E-state index in [0.29, 0.717) is 6.04 Å². The number of nitrogens with zero attached hydrogens (tertiary/aromatic N) is 3. The minimum absolute atomic E-state index is 0.465. The van der Waals surface area contributed by atoms with Gasteiger partial charge in [-0.1, -0.05) is 13.8 Å². The Morgan fingerprint density at radius 2 is 2.15 bits per heavy atom. The van der Waals surface area contributed by atoms with Gasteiger partial charge in [0.2, 0.25) is 0 Å². The predicted molar refractivity (Wildman–Crippen MR) is 82.0 cm³/mol. The van der Waals surface area contributed by atoms with Gasteiger partial charge >= 0.3 is 0 Å². The second-order valence-corrected chi connectivity index (χ2v) is 6.28. The molecule has 0 saturated carbocycles. The molecule has 0 radical (unpaired) electrons. The molecule has 0 unspecified atom stereocenters. The summed E-state index contributed by atoms with van der Waals surface area (Å²) < 4.78 is 5.59. The van der Waals surface area contributed by atoms with Crippen LogP contribution in [-0.2, 0) is 6.54 Å². The van der Waals surface area contributed by atoms with E-state index in [2.05, 4.69) is 48.0 Å². The van der Waals surface area contributed by atoms with Crippen LogP contribution >= 0.6 is 0 Å². The molecule has 1 aliphatic heterocycles. The maximum atomic E-state index is 5.59. The van der Waals surface area contributed by atoms with Gasteiger partial charge in [-0.15, -0.1) is 0 Å². The molecule has 0 aromatic carbocycles. The summed E-state index contributed by atoms with van der Waals surface area (Å²) >= 11 is 0. The Labute approximate surface area is 122 Å². The molecule has 1 saturated heterocycles. The molecule has 0 aliphatic carbocycles. The van der Waals surface area contributed by atoms with Crippen molar-refractivity contribution in [3.8, 4) is 0 Å². The van der Waals surface area contributed by atoms with Gasteiger partial charge in [-0.25, -0.2) is 0 Å². The van der Waals surface area contributed by atoms with Gasteiger partial charge in [0.25, 0.3) is 6.01 Å². The molecule has 0 spiro atoms. The lowest BCUT2D eigenvalue weighted by Crippen LogP contribution is -2.35. The van der Waals surface area contributed by atoms with Crippen molar-refractivity contribution < 1.29 is 4.42 Å². The zero-order valence-corrected chi connectivity index (χ0v) is 13.2. The Hall–Kier alpha value is -1.07. The molecule has 1 aliphatic rings. The minimum Gasteiger partial charge on any atom is -0.432 e. The molecular formula is C15H28N4O. The lowest BCUT2D eigenvalue weighted by molar-refractivity contribution is 0.221. The van der Waals surface area contributed by atoms with Crippen LogP contribution in [0.3, 0.4) is 0 Å². The summed E-state index contributed by atoms with van der Waals surface area (Å²) in [5.74, 6) is 0.750. The molecule has 114 valence electrons. The topological polar surface area (TPSA) is 44.5 Å². The summed E-state index contributed by atoms with van der Waals surface area (Å²) in [4.78, 5) is 9.10. The average molecular weight is 280 g/mol. The molecule has 2 rings (SSSR count). The Morgan fingerprint density at radius 1 is 1.45 bits per heavy atom. The SMILES string of the molecule is CC(C)NCc1coc(N(C)CC2CCN(C)CC2)n1. The van der Waals surface area contributed by atoms with Gasteiger partial charge in [0, 0.05) is 26.2 Å². The molecule has 0 amide bonds. The Bertz CT molecular complexity index is 396.